The summed E-state index contributed by atoms with van der Waals surface area (Å²) in [4.78, 5) is 11.8. The van der Waals surface area contributed by atoms with Crippen molar-refractivity contribution in [1.82, 2.24) is 5.32 Å². The lowest BCUT2D eigenvalue weighted by Crippen LogP contribution is -2.58. The van der Waals surface area contributed by atoms with Gasteiger partial charge >= 0.3 is 0 Å². The minimum Gasteiger partial charge on any atom is -0.389 e. The highest BCUT2D eigenvalue weighted by Gasteiger charge is 2.37. The van der Waals surface area contributed by atoms with Gasteiger partial charge in [0.1, 0.15) is 0 Å². The number of rotatable bonds is 8. The Morgan fingerprint density at radius 3 is 2.57 bits per heavy atom. The number of nitrogens with two attached hydrogens (primary N) is 1. The maximum atomic E-state index is 11.8. The highest BCUT2D eigenvalue weighted by molar-refractivity contribution is 6.30. The monoisotopic (exact) mass is 340 g/mol. The molecule has 0 heterocycles. The second-order valence-electron chi connectivity index (χ2n) is 6.18. The standard InChI is InChI=1S/C17H25ClN2O3/c18-14-6-4-13(5-7-14)11-23-12-15(21)10-20-17(16(19)22)8-2-1-3-9-17/h4-7,15,20-21H,1-3,8-12H2,(H2,19,22). The van der Waals surface area contributed by atoms with Crippen LogP contribution < -0.4 is 11.1 Å². The van der Waals surface area contributed by atoms with Gasteiger partial charge in [0.25, 0.3) is 0 Å². The van der Waals surface area contributed by atoms with Gasteiger partial charge in [-0.15, -0.1) is 0 Å². The fourth-order valence-electron chi connectivity index (χ4n) is 2.93. The van der Waals surface area contributed by atoms with Crippen LogP contribution in [0.2, 0.25) is 5.02 Å². The molecule has 0 spiro atoms. The van der Waals surface area contributed by atoms with Gasteiger partial charge in [-0.1, -0.05) is 43.0 Å². The number of ether oxygens (including phenoxy) is 1. The van der Waals surface area contributed by atoms with Crippen LogP contribution in [-0.4, -0.2) is 35.8 Å². The molecule has 1 unspecified atom stereocenters. The smallest absolute Gasteiger partial charge is 0.237 e. The maximum Gasteiger partial charge on any atom is 0.237 e. The maximum absolute atomic E-state index is 11.8. The molecule has 4 N–H and O–H groups in total. The van der Waals surface area contributed by atoms with Gasteiger partial charge in [0.2, 0.25) is 5.91 Å². The molecule has 0 saturated heterocycles. The number of carbonyl (C=O) groups is 1. The van der Waals surface area contributed by atoms with Crippen molar-refractivity contribution in [1.29, 1.82) is 0 Å². The first kappa shape index (κ1) is 18.2. The molecule has 6 heteroatoms. The number of hydrogen-bond acceptors (Lipinski definition) is 4. The molecule has 1 aromatic carbocycles. The SMILES string of the molecule is NC(=O)C1(NCC(O)COCc2ccc(Cl)cc2)CCCCC1. The number of primary amides is 1. The van der Waals surface area contributed by atoms with E-state index in [1.54, 1.807) is 12.1 Å². The normalized spacial score (nSPS) is 18.5. The lowest BCUT2D eigenvalue weighted by Gasteiger charge is -2.36. The van der Waals surface area contributed by atoms with Crippen molar-refractivity contribution in [2.75, 3.05) is 13.2 Å². The molecule has 23 heavy (non-hydrogen) atoms. The van der Waals surface area contributed by atoms with Crippen LogP contribution in [0.1, 0.15) is 37.7 Å². The molecule has 1 amide bonds. The summed E-state index contributed by atoms with van der Waals surface area (Å²) < 4.78 is 5.51. The number of aliphatic hydroxyl groups excluding tert-OH is 1. The molecule has 1 aromatic rings. The van der Waals surface area contributed by atoms with Gasteiger partial charge in [-0.2, -0.15) is 0 Å². The molecule has 0 aliphatic heterocycles. The van der Waals surface area contributed by atoms with E-state index in [4.69, 9.17) is 22.1 Å². The zero-order valence-corrected chi connectivity index (χ0v) is 14.0. The summed E-state index contributed by atoms with van der Waals surface area (Å²) in [6.07, 6.45) is 3.89. The summed E-state index contributed by atoms with van der Waals surface area (Å²) in [5.41, 5.74) is 5.88. The lowest BCUT2D eigenvalue weighted by molar-refractivity contribution is -0.126. The van der Waals surface area contributed by atoms with Crippen LogP contribution in [-0.2, 0) is 16.1 Å². The molecule has 1 aliphatic carbocycles. The minimum absolute atomic E-state index is 0.199. The summed E-state index contributed by atoms with van der Waals surface area (Å²) in [6, 6.07) is 7.38. The van der Waals surface area contributed by atoms with Crippen molar-refractivity contribution < 1.29 is 14.6 Å². The Morgan fingerprint density at radius 1 is 1.30 bits per heavy atom. The van der Waals surface area contributed by atoms with Gasteiger partial charge in [-0.05, 0) is 30.5 Å². The van der Waals surface area contributed by atoms with E-state index in [9.17, 15) is 9.90 Å². The number of benzene rings is 1. The second kappa shape index (κ2) is 8.64. The van der Waals surface area contributed by atoms with Gasteiger partial charge < -0.3 is 20.9 Å². The largest absolute Gasteiger partial charge is 0.389 e. The van der Waals surface area contributed by atoms with Crippen LogP contribution in [0.3, 0.4) is 0 Å². The van der Waals surface area contributed by atoms with Gasteiger partial charge in [-0.25, -0.2) is 0 Å². The molecule has 1 atom stereocenters. The summed E-state index contributed by atoms with van der Waals surface area (Å²) in [6.45, 7) is 0.906. The number of aliphatic hydroxyl groups is 1. The molecular formula is C17H25ClN2O3. The van der Waals surface area contributed by atoms with E-state index in [0.717, 1.165) is 37.7 Å². The molecule has 1 fully saturated rings. The third kappa shape index (κ3) is 5.46. The Labute approximate surface area is 142 Å². The average Bonchev–Trinajstić information content (AvgIpc) is 2.55. The van der Waals surface area contributed by atoms with Gasteiger partial charge in [-0.3, -0.25) is 4.79 Å². The van der Waals surface area contributed by atoms with Crippen molar-refractivity contribution in [2.24, 2.45) is 5.73 Å². The third-order valence-corrected chi connectivity index (χ3v) is 4.60. The first-order chi connectivity index (χ1) is 11.0. The summed E-state index contributed by atoms with van der Waals surface area (Å²) in [7, 11) is 0. The van der Waals surface area contributed by atoms with E-state index in [-0.39, 0.29) is 12.5 Å². The number of β-amino-alcohol motifs (C(OH)–C–C–N with tert-alkyl or cyclic N) is 1. The topological polar surface area (TPSA) is 84.6 Å². The van der Waals surface area contributed by atoms with Crippen molar-refractivity contribution >= 4 is 17.5 Å². The number of nitrogens with one attached hydrogen (secondary N) is 1. The second-order valence-corrected chi connectivity index (χ2v) is 6.62. The van der Waals surface area contributed by atoms with E-state index in [1.165, 1.54) is 0 Å². The Hall–Kier alpha value is -1.14. The molecule has 2 rings (SSSR count). The van der Waals surface area contributed by atoms with Gasteiger partial charge in [0.15, 0.2) is 0 Å². The Morgan fingerprint density at radius 2 is 1.96 bits per heavy atom. The fraction of sp³-hybridized carbons (Fsp3) is 0.588. The lowest BCUT2D eigenvalue weighted by atomic mass is 9.81. The molecule has 1 saturated carbocycles. The van der Waals surface area contributed by atoms with E-state index in [2.05, 4.69) is 5.32 Å². The van der Waals surface area contributed by atoms with Crippen LogP contribution >= 0.6 is 11.6 Å². The van der Waals surface area contributed by atoms with Crippen LogP contribution in [0.25, 0.3) is 0 Å². The number of hydrogen-bond donors (Lipinski definition) is 3. The van der Waals surface area contributed by atoms with E-state index in [1.807, 2.05) is 12.1 Å². The average molecular weight is 341 g/mol. The molecule has 5 nitrogen and oxygen atoms in total. The summed E-state index contributed by atoms with van der Waals surface area (Å²) >= 11 is 5.82. The summed E-state index contributed by atoms with van der Waals surface area (Å²) in [5, 5.41) is 13.9. The molecule has 0 radical (unpaired) electrons. The van der Waals surface area contributed by atoms with Crippen molar-refractivity contribution in [3.05, 3.63) is 34.9 Å². The molecule has 0 bridgehead atoms. The number of amides is 1. The Bertz CT molecular complexity index is 501. The zero-order chi connectivity index (χ0) is 16.7. The fourth-order valence-corrected chi connectivity index (χ4v) is 3.06. The predicted octanol–water partition coefficient (Wildman–Crippen LogP) is 2.00. The van der Waals surface area contributed by atoms with E-state index < -0.39 is 11.6 Å². The zero-order valence-electron chi connectivity index (χ0n) is 13.3. The Balaban J connectivity index is 1.72. The molecular weight excluding hydrogens is 316 g/mol. The van der Waals surface area contributed by atoms with E-state index >= 15 is 0 Å². The van der Waals surface area contributed by atoms with Crippen LogP contribution in [0.5, 0.6) is 0 Å². The molecule has 1 aliphatic rings. The van der Waals surface area contributed by atoms with E-state index in [0.29, 0.717) is 18.2 Å². The van der Waals surface area contributed by atoms with Gasteiger partial charge in [0, 0.05) is 11.6 Å². The highest BCUT2D eigenvalue weighted by atomic mass is 35.5. The Kier molecular flexibility index (Phi) is 6.84. The highest BCUT2D eigenvalue weighted by Crippen LogP contribution is 2.27. The van der Waals surface area contributed by atoms with Crippen molar-refractivity contribution in [2.45, 2.75) is 50.4 Å². The minimum atomic E-state index is -0.680. The third-order valence-electron chi connectivity index (χ3n) is 4.35. The van der Waals surface area contributed by atoms with Gasteiger partial charge in [0.05, 0.1) is 24.9 Å². The van der Waals surface area contributed by atoms with Crippen LogP contribution in [0, 0.1) is 0 Å². The summed E-state index contributed by atoms with van der Waals surface area (Å²) in [5.74, 6) is -0.327. The van der Waals surface area contributed by atoms with Crippen LogP contribution in [0.15, 0.2) is 24.3 Å². The molecule has 0 aromatic heterocycles. The van der Waals surface area contributed by atoms with Crippen LogP contribution in [0.4, 0.5) is 0 Å². The quantitative estimate of drug-likeness (QED) is 0.675. The number of halogens is 1. The predicted molar refractivity (Wildman–Crippen MR) is 90.1 cm³/mol. The van der Waals surface area contributed by atoms with Crippen molar-refractivity contribution in [3.8, 4) is 0 Å². The number of carbonyl (C=O) groups excluding carboxylic acids is 1. The molecule has 128 valence electrons. The first-order valence-electron chi connectivity index (χ1n) is 8.07. The van der Waals surface area contributed by atoms with Crippen molar-refractivity contribution in [3.63, 3.8) is 0 Å². The first-order valence-corrected chi connectivity index (χ1v) is 8.45.